The fourth-order valence-electron chi connectivity index (χ4n) is 3.81. The van der Waals surface area contributed by atoms with Gasteiger partial charge in [-0.05, 0) is 24.6 Å². The van der Waals surface area contributed by atoms with E-state index in [2.05, 4.69) is 30.7 Å². The summed E-state index contributed by atoms with van der Waals surface area (Å²) in [5.41, 5.74) is 7.73. The Labute approximate surface area is 200 Å². The van der Waals surface area contributed by atoms with Crippen molar-refractivity contribution in [1.29, 1.82) is 0 Å². The van der Waals surface area contributed by atoms with Crippen molar-refractivity contribution in [2.24, 2.45) is 0 Å². The predicted octanol–water partition coefficient (Wildman–Crippen LogP) is 1.79. The predicted molar refractivity (Wildman–Crippen MR) is 120 cm³/mol. The van der Waals surface area contributed by atoms with Crippen LogP contribution in [0.1, 0.15) is 19.4 Å². The van der Waals surface area contributed by atoms with E-state index in [0.29, 0.717) is 40.2 Å². The molecule has 0 bridgehead atoms. The number of nitrogen functional groups attached to an aromatic ring is 1. The molecule has 192 valence electrons. The third-order valence-corrected chi connectivity index (χ3v) is 5.43. The number of piperidine rings is 1. The van der Waals surface area contributed by atoms with E-state index in [-0.39, 0.29) is 23.5 Å². The number of aromatic nitrogens is 7. The molecule has 0 spiro atoms. The van der Waals surface area contributed by atoms with Crippen molar-refractivity contribution in [1.82, 2.24) is 39.5 Å². The van der Waals surface area contributed by atoms with Gasteiger partial charge in [-0.3, -0.25) is 4.79 Å². The van der Waals surface area contributed by atoms with Crippen LogP contribution in [0.5, 0.6) is 0 Å². The van der Waals surface area contributed by atoms with E-state index < -0.39 is 31.5 Å². The van der Waals surface area contributed by atoms with Crippen LogP contribution in [0.3, 0.4) is 0 Å². The van der Waals surface area contributed by atoms with E-state index >= 15 is 0 Å². The summed E-state index contributed by atoms with van der Waals surface area (Å²) >= 11 is 0. The van der Waals surface area contributed by atoms with Gasteiger partial charge in [0.05, 0.1) is 12.2 Å². The molecule has 12 nitrogen and oxygen atoms in total. The Morgan fingerprint density at radius 3 is 2.72 bits per heavy atom. The molecule has 0 saturated carbocycles. The van der Waals surface area contributed by atoms with Crippen molar-refractivity contribution in [3.63, 3.8) is 0 Å². The molecule has 0 aromatic carbocycles. The molecule has 4 aromatic heterocycles. The number of likely N-dealkylation sites (tertiary alicyclic amines) is 1. The number of rotatable bonds is 4. The van der Waals surface area contributed by atoms with E-state index in [1.165, 1.54) is 0 Å². The maximum atomic E-state index is 13.0. The molecule has 1 aliphatic rings. The molecule has 16 heteroatoms. The zero-order chi connectivity index (χ0) is 26.0. The Kier molecular flexibility index (Phi) is 6.87. The normalized spacial score (nSPS) is 15.2. The maximum absolute atomic E-state index is 13.0. The Balaban J connectivity index is 0.000000214. The molecule has 1 amide bonds. The summed E-state index contributed by atoms with van der Waals surface area (Å²) in [6, 6.07) is 5.02. The second-order valence-electron chi connectivity index (χ2n) is 7.88. The van der Waals surface area contributed by atoms with Crippen molar-refractivity contribution in [3.05, 3.63) is 24.4 Å². The second kappa shape index (κ2) is 9.88. The minimum absolute atomic E-state index is 0.00391. The summed E-state index contributed by atoms with van der Waals surface area (Å²) in [4.78, 5) is 20.2. The number of fused-ring (bicyclic) bond motifs is 2. The fraction of sp³-hybridized carbons (Fsp3) is 0.400. The Morgan fingerprint density at radius 1 is 1.28 bits per heavy atom. The van der Waals surface area contributed by atoms with Crippen LogP contribution in [-0.2, 0) is 4.79 Å². The van der Waals surface area contributed by atoms with Gasteiger partial charge in [-0.25, -0.2) is 18.3 Å². The average molecular weight is 510 g/mol. The first-order valence-electron chi connectivity index (χ1n) is 10.7. The molecule has 5 heterocycles. The average Bonchev–Trinajstić information content (AvgIpc) is 3.46. The number of amides is 1. The van der Waals surface area contributed by atoms with Gasteiger partial charge < -0.3 is 21.1 Å². The van der Waals surface area contributed by atoms with Gasteiger partial charge in [0.1, 0.15) is 17.6 Å². The number of pyridine rings is 1. The van der Waals surface area contributed by atoms with Crippen molar-refractivity contribution in [3.8, 4) is 11.3 Å². The Morgan fingerprint density at radius 2 is 2.06 bits per heavy atom. The maximum Gasteiger partial charge on any atom is 0.336 e. The summed E-state index contributed by atoms with van der Waals surface area (Å²) in [6.07, 6.45) is 1.83. The lowest BCUT2D eigenvalue weighted by Gasteiger charge is -2.31. The Hall–Kier alpha value is -4.08. The van der Waals surface area contributed by atoms with Gasteiger partial charge in [0.15, 0.2) is 11.5 Å². The highest BCUT2D eigenvalue weighted by Gasteiger charge is 2.36. The first-order valence-corrected chi connectivity index (χ1v) is 10.7. The molecule has 0 aliphatic carbocycles. The third kappa shape index (κ3) is 4.98. The SMILES string of the molecule is CNc1nc(N)nn2ccc(-c3ccc4nnn(C(F)F)c4n3)c12.O=C(CO)N1CCCC(F)(F)C1. The molecule has 1 fully saturated rings. The van der Waals surface area contributed by atoms with Crippen LogP contribution in [0, 0.1) is 0 Å². The molecule has 0 unspecified atom stereocenters. The van der Waals surface area contributed by atoms with E-state index in [4.69, 9.17) is 10.8 Å². The zero-order valence-corrected chi connectivity index (χ0v) is 18.9. The first-order chi connectivity index (χ1) is 17.1. The van der Waals surface area contributed by atoms with Crippen molar-refractivity contribution < 1.29 is 27.5 Å². The van der Waals surface area contributed by atoms with Crippen LogP contribution < -0.4 is 11.1 Å². The summed E-state index contributed by atoms with van der Waals surface area (Å²) in [7, 11) is 1.70. The standard InChI is InChI=1S/C13H11F2N9.C7H11F2NO2/c1-17-10-9-6(4-5-23(9)21-13(16)19-10)7-2-3-8-11(18-7)24(12(14)15)22-20-8;8-7(9)2-1-3-10(5-7)6(12)4-11/h2-5,12H,1H3,(H3,16,17,19,21);11H,1-5H2. The number of hydrogen-bond donors (Lipinski definition) is 3. The van der Waals surface area contributed by atoms with Gasteiger partial charge in [0, 0.05) is 31.8 Å². The highest BCUT2D eigenvalue weighted by molar-refractivity contribution is 5.89. The molecule has 4 aromatic rings. The first kappa shape index (κ1) is 25.0. The van der Waals surface area contributed by atoms with E-state index in [1.54, 1.807) is 36.0 Å². The molecule has 0 radical (unpaired) electrons. The fourth-order valence-corrected chi connectivity index (χ4v) is 3.81. The number of halogens is 4. The van der Waals surface area contributed by atoms with E-state index in [1.807, 2.05) is 0 Å². The van der Waals surface area contributed by atoms with Gasteiger partial charge in [-0.1, -0.05) is 5.21 Å². The number of nitrogens with one attached hydrogen (secondary N) is 1. The lowest BCUT2D eigenvalue weighted by molar-refractivity contribution is -0.144. The van der Waals surface area contributed by atoms with Crippen molar-refractivity contribution in [2.45, 2.75) is 25.3 Å². The van der Waals surface area contributed by atoms with Crippen LogP contribution in [0.4, 0.5) is 29.3 Å². The highest BCUT2D eigenvalue weighted by Crippen LogP contribution is 2.30. The highest BCUT2D eigenvalue weighted by atomic mass is 19.3. The van der Waals surface area contributed by atoms with E-state index in [0.717, 1.165) is 4.90 Å². The molecule has 36 heavy (non-hydrogen) atoms. The number of aliphatic hydroxyl groups excluding tert-OH is 1. The smallest absolute Gasteiger partial charge is 0.336 e. The Bertz CT molecular complexity index is 1390. The minimum Gasteiger partial charge on any atom is -0.387 e. The van der Waals surface area contributed by atoms with Crippen molar-refractivity contribution in [2.75, 3.05) is 37.8 Å². The number of nitrogens with two attached hydrogens (primary N) is 1. The second-order valence-corrected chi connectivity index (χ2v) is 7.88. The van der Waals surface area contributed by atoms with Gasteiger partial charge >= 0.3 is 6.55 Å². The van der Waals surface area contributed by atoms with Crippen LogP contribution >= 0.6 is 0 Å². The van der Waals surface area contributed by atoms with Gasteiger partial charge in [0.2, 0.25) is 11.9 Å². The van der Waals surface area contributed by atoms with Gasteiger partial charge in [-0.2, -0.15) is 18.4 Å². The number of anilines is 2. The molecule has 0 atom stereocenters. The third-order valence-electron chi connectivity index (χ3n) is 5.43. The number of alkyl halides is 4. The number of hydrogen-bond acceptors (Lipinski definition) is 9. The number of carbonyl (C=O) groups excluding carboxylic acids is 1. The molecular formula is C20H22F4N10O2. The topological polar surface area (TPSA) is 152 Å². The summed E-state index contributed by atoms with van der Waals surface area (Å²) < 4.78 is 53.4. The lowest BCUT2D eigenvalue weighted by atomic mass is 10.1. The summed E-state index contributed by atoms with van der Waals surface area (Å²) in [5, 5.41) is 22.6. The number of carbonyl (C=O) groups is 1. The molecule has 1 aliphatic heterocycles. The monoisotopic (exact) mass is 510 g/mol. The van der Waals surface area contributed by atoms with Crippen molar-refractivity contribution >= 4 is 34.4 Å². The number of nitrogens with zero attached hydrogens (tertiary/aromatic N) is 8. The van der Waals surface area contributed by atoms with E-state index in [9.17, 15) is 22.4 Å². The summed E-state index contributed by atoms with van der Waals surface area (Å²) in [5.74, 6) is -2.78. The van der Waals surface area contributed by atoms with Gasteiger partial charge in [-0.15, -0.1) is 10.2 Å². The zero-order valence-electron chi connectivity index (χ0n) is 18.9. The van der Waals surface area contributed by atoms with Crippen LogP contribution in [0.25, 0.3) is 27.9 Å². The lowest BCUT2D eigenvalue weighted by Crippen LogP contribution is -2.46. The van der Waals surface area contributed by atoms with Gasteiger partial charge in [0.25, 0.3) is 5.92 Å². The molecule has 1 saturated heterocycles. The number of aliphatic hydroxyl groups is 1. The van der Waals surface area contributed by atoms with Crippen LogP contribution in [0.2, 0.25) is 0 Å². The quantitative estimate of drug-likeness (QED) is 0.349. The molecule has 4 N–H and O–H groups in total. The molecular weight excluding hydrogens is 488 g/mol. The largest absolute Gasteiger partial charge is 0.387 e. The van der Waals surface area contributed by atoms with Crippen LogP contribution in [-0.4, -0.2) is 83.2 Å². The summed E-state index contributed by atoms with van der Waals surface area (Å²) in [6.45, 7) is -3.73. The minimum atomic E-state index is -2.82. The van der Waals surface area contributed by atoms with Crippen LogP contribution in [0.15, 0.2) is 24.4 Å². The molecule has 5 rings (SSSR count).